The third-order valence-electron chi connectivity index (χ3n) is 4.91. The largest absolute Gasteiger partial charge is 0.450 e. The molecule has 1 amide bonds. The summed E-state index contributed by atoms with van der Waals surface area (Å²) in [4.78, 5) is 34.3. The number of nitrogens with zero attached hydrogens (tertiary/aromatic N) is 6. The van der Waals surface area contributed by atoms with E-state index < -0.39 is 28.5 Å². The first-order valence-electron chi connectivity index (χ1n) is 9.55. The third kappa shape index (κ3) is 4.25. The number of hydrogen-bond donors (Lipinski definition) is 0. The van der Waals surface area contributed by atoms with E-state index in [1.807, 2.05) is 0 Å². The second-order valence-corrected chi connectivity index (χ2v) is 8.85. The van der Waals surface area contributed by atoms with Gasteiger partial charge in [-0.3, -0.25) is 4.79 Å². The zero-order valence-corrected chi connectivity index (χ0v) is 17.5. The average molecular weight is 444 g/mol. The zero-order chi connectivity index (χ0) is 22.0. The Balaban J connectivity index is 1.32. The van der Waals surface area contributed by atoms with Gasteiger partial charge >= 0.3 is 5.97 Å². The molecule has 12 heteroatoms. The van der Waals surface area contributed by atoms with Crippen LogP contribution in [0.5, 0.6) is 0 Å². The van der Waals surface area contributed by atoms with Crippen molar-refractivity contribution >= 4 is 27.7 Å². The summed E-state index contributed by atoms with van der Waals surface area (Å²) < 4.78 is 33.1. The van der Waals surface area contributed by atoms with Gasteiger partial charge in [-0.25, -0.2) is 22.7 Å². The molecule has 0 bridgehead atoms. The van der Waals surface area contributed by atoms with E-state index in [0.717, 1.165) is 5.69 Å². The highest BCUT2D eigenvalue weighted by molar-refractivity contribution is 7.89. The summed E-state index contributed by atoms with van der Waals surface area (Å²) >= 11 is 0. The summed E-state index contributed by atoms with van der Waals surface area (Å²) in [6.07, 6.45) is 1.55. The zero-order valence-electron chi connectivity index (χ0n) is 16.7. The Morgan fingerprint density at radius 1 is 1.06 bits per heavy atom. The molecule has 0 N–H and O–H groups in total. The number of esters is 1. The van der Waals surface area contributed by atoms with Crippen molar-refractivity contribution in [3.8, 4) is 0 Å². The van der Waals surface area contributed by atoms with Gasteiger partial charge in [0.05, 0.1) is 4.90 Å². The quantitative estimate of drug-likeness (QED) is 0.508. The number of aromatic nitrogens is 4. The number of piperazine rings is 1. The Morgan fingerprint density at radius 3 is 2.45 bits per heavy atom. The third-order valence-corrected chi connectivity index (χ3v) is 6.82. The van der Waals surface area contributed by atoms with E-state index in [9.17, 15) is 18.0 Å². The van der Waals surface area contributed by atoms with E-state index in [1.165, 1.54) is 25.9 Å². The monoisotopic (exact) mass is 444 g/mol. The smallest absolute Gasteiger partial charge is 0.378 e. The number of carbonyl (C=O) groups excluding carboxylic acids is 2. The van der Waals surface area contributed by atoms with Crippen LogP contribution < -0.4 is 0 Å². The minimum absolute atomic E-state index is 0.163. The van der Waals surface area contributed by atoms with Gasteiger partial charge in [0.1, 0.15) is 0 Å². The Kier molecular flexibility index (Phi) is 5.65. The Labute approximate surface area is 178 Å². The predicted molar refractivity (Wildman–Crippen MR) is 108 cm³/mol. The first-order valence-corrected chi connectivity index (χ1v) is 11.0. The fourth-order valence-corrected chi connectivity index (χ4v) is 4.64. The van der Waals surface area contributed by atoms with Gasteiger partial charge in [0.25, 0.3) is 17.5 Å². The van der Waals surface area contributed by atoms with Gasteiger partial charge in [-0.1, -0.05) is 18.2 Å². The molecule has 0 unspecified atom stereocenters. The molecule has 4 rings (SSSR count). The van der Waals surface area contributed by atoms with Crippen LogP contribution in [0.15, 0.2) is 47.5 Å². The summed E-state index contributed by atoms with van der Waals surface area (Å²) in [6, 6.07) is 9.87. The number of fused-ring (bicyclic) bond motifs is 1. The molecule has 1 saturated heterocycles. The van der Waals surface area contributed by atoms with Crippen LogP contribution in [0.3, 0.4) is 0 Å². The highest BCUT2D eigenvalue weighted by Crippen LogP contribution is 2.17. The van der Waals surface area contributed by atoms with Crippen LogP contribution in [-0.4, -0.2) is 81.9 Å². The van der Waals surface area contributed by atoms with Crippen LogP contribution >= 0.6 is 0 Å². The molecule has 31 heavy (non-hydrogen) atoms. The number of benzene rings is 1. The minimum Gasteiger partial charge on any atom is -0.450 e. The molecule has 0 aliphatic carbocycles. The lowest BCUT2D eigenvalue weighted by Gasteiger charge is -2.33. The number of aryl methyl sites for hydroxylation is 1. The van der Waals surface area contributed by atoms with Crippen LogP contribution in [0.25, 0.3) is 5.78 Å². The molecule has 162 valence electrons. The van der Waals surface area contributed by atoms with Gasteiger partial charge in [0, 0.05) is 38.1 Å². The molecule has 0 saturated carbocycles. The Hall–Kier alpha value is -3.38. The number of sulfonamides is 1. The highest BCUT2D eigenvalue weighted by atomic mass is 32.2. The van der Waals surface area contributed by atoms with Crippen LogP contribution in [0.4, 0.5) is 0 Å². The summed E-state index contributed by atoms with van der Waals surface area (Å²) in [5.41, 5.74) is 0.746. The molecule has 1 aromatic carbocycles. The molecule has 1 aliphatic heterocycles. The van der Waals surface area contributed by atoms with Crippen molar-refractivity contribution in [2.45, 2.75) is 11.8 Å². The van der Waals surface area contributed by atoms with E-state index in [0.29, 0.717) is 0 Å². The van der Waals surface area contributed by atoms with E-state index in [1.54, 1.807) is 37.4 Å². The number of rotatable bonds is 5. The number of ether oxygens (including phenoxy) is 1. The summed E-state index contributed by atoms with van der Waals surface area (Å²) in [6.45, 7) is 2.05. The lowest BCUT2D eigenvalue weighted by molar-refractivity contribution is -0.135. The lowest BCUT2D eigenvalue weighted by atomic mass is 10.3. The van der Waals surface area contributed by atoms with Crippen LogP contribution in [0.2, 0.25) is 0 Å². The lowest BCUT2D eigenvalue weighted by Crippen LogP contribution is -2.51. The van der Waals surface area contributed by atoms with Gasteiger partial charge < -0.3 is 9.64 Å². The topological polar surface area (TPSA) is 127 Å². The predicted octanol–water partition coefficient (Wildman–Crippen LogP) is 0.123. The summed E-state index contributed by atoms with van der Waals surface area (Å²) in [7, 11) is -3.60. The Morgan fingerprint density at radius 2 is 1.77 bits per heavy atom. The average Bonchev–Trinajstić information content (AvgIpc) is 3.24. The van der Waals surface area contributed by atoms with Crippen molar-refractivity contribution < 1.29 is 22.7 Å². The SMILES string of the molecule is Cc1ccnc2nc(C(=O)OCC(=O)N3CCN(S(=O)(=O)c4ccccc4)CC3)nn12. The molecule has 1 aliphatic rings. The number of hydrogen-bond acceptors (Lipinski definition) is 8. The minimum atomic E-state index is -3.60. The van der Waals surface area contributed by atoms with Crippen molar-refractivity contribution in [3.05, 3.63) is 54.1 Å². The van der Waals surface area contributed by atoms with E-state index in [-0.39, 0.29) is 42.7 Å². The standard InChI is InChI=1S/C19H20N6O5S/c1-14-7-8-20-19-21-17(22-25(14)19)18(27)30-13-16(26)23-9-11-24(12-10-23)31(28,29)15-5-3-2-4-6-15/h2-8H,9-13H2,1H3. The molecular formula is C19H20N6O5S. The molecule has 11 nitrogen and oxygen atoms in total. The first kappa shape index (κ1) is 20.9. The van der Waals surface area contributed by atoms with Crippen molar-refractivity contribution in [3.63, 3.8) is 0 Å². The van der Waals surface area contributed by atoms with Gasteiger partial charge in [0.2, 0.25) is 10.0 Å². The van der Waals surface area contributed by atoms with Crippen molar-refractivity contribution in [1.82, 2.24) is 28.8 Å². The Bertz CT molecular complexity index is 1220. The fraction of sp³-hybridized carbons (Fsp3) is 0.316. The summed E-state index contributed by atoms with van der Waals surface area (Å²) in [5, 5.41) is 4.04. The molecule has 2 aromatic heterocycles. The molecule has 3 aromatic rings. The number of amides is 1. The van der Waals surface area contributed by atoms with Crippen molar-refractivity contribution in [2.75, 3.05) is 32.8 Å². The van der Waals surface area contributed by atoms with Crippen LogP contribution in [-0.2, 0) is 19.6 Å². The molecule has 3 heterocycles. The summed E-state index contributed by atoms with van der Waals surface area (Å²) in [5.74, 6) is -1.17. The van der Waals surface area contributed by atoms with Crippen molar-refractivity contribution in [2.24, 2.45) is 0 Å². The fourth-order valence-electron chi connectivity index (χ4n) is 3.20. The first-order chi connectivity index (χ1) is 14.9. The maximum Gasteiger partial charge on any atom is 0.378 e. The number of carbonyl (C=O) groups is 2. The molecular weight excluding hydrogens is 424 g/mol. The molecule has 0 radical (unpaired) electrons. The van der Waals surface area contributed by atoms with Gasteiger partial charge in [-0.2, -0.15) is 9.29 Å². The van der Waals surface area contributed by atoms with E-state index in [2.05, 4.69) is 15.1 Å². The maximum absolute atomic E-state index is 12.7. The van der Waals surface area contributed by atoms with Crippen LogP contribution in [0, 0.1) is 6.92 Å². The van der Waals surface area contributed by atoms with E-state index in [4.69, 9.17) is 4.74 Å². The normalized spacial score (nSPS) is 15.2. The molecule has 0 atom stereocenters. The molecule has 1 fully saturated rings. The van der Waals surface area contributed by atoms with Gasteiger partial charge in [-0.15, -0.1) is 5.10 Å². The van der Waals surface area contributed by atoms with Gasteiger partial charge in [0.15, 0.2) is 6.61 Å². The highest BCUT2D eigenvalue weighted by Gasteiger charge is 2.30. The maximum atomic E-state index is 12.7. The second-order valence-electron chi connectivity index (χ2n) is 6.91. The molecule has 0 spiro atoms. The van der Waals surface area contributed by atoms with Gasteiger partial charge in [-0.05, 0) is 25.1 Å². The second kappa shape index (κ2) is 8.40. The van der Waals surface area contributed by atoms with Crippen molar-refractivity contribution in [1.29, 1.82) is 0 Å². The van der Waals surface area contributed by atoms with Crippen LogP contribution in [0.1, 0.15) is 16.3 Å². The van der Waals surface area contributed by atoms with E-state index >= 15 is 0 Å².